The summed E-state index contributed by atoms with van der Waals surface area (Å²) in [5.74, 6) is -0.0718. The van der Waals surface area contributed by atoms with E-state index in [0.29, 0.717) is 28.8 Å². The first kappa shape index (κ1) is 20.6. The van der Waals surface area contributed by atoms with Gasteiger partial charge in [0.25, 0.3) is 15.9 Å². The number of rotatable bonds is 5. The summed E-state index contributed by atoms with van der Waals surface area (Å²) in [6.45, 7) is 4.37. The van der Waals surface area contributed by atoms with Crippen molar-refractivity contribution in [2.24, 2.45) is 4.40 Å². The van der Waals surface area contributed by atoms with Gasteiger partial charge in [0.05, 0.1) is 21.4 Å². The molecule has 1 aliphatic heterocycles. The van der Waals surface area contributed by atoms with Gasteiger partial charge in [-0.3, -0.25) is 4.79 Å². The highest BCUT2D eigenvalue weighted by molar-refractivity contribution is 7.90. The molecule has 1 N–H and O–H groups in total. The van der Waals surface area contributed by atoms with Crippen molar-refractivity contribution in [2.45, 2.75) is 31.6 Å². The molecule has 0 atom stereocenters. The SMILES string of the molecule is CCCCN1C(C)=NS(=O)(=O)c2cc(C(=O)Nc3cccc(Cl)c3Cl)ccc21. The molecule has 0 spiro atoms. The van der Waals surface area contributed by atoms with E-state index in [1.165, 1.54) is 6.07 Å². The van der Waals surface area contributed by atoms with Gasteiger partial charge in [0.1, 0.15) is 10.7 Å². The van der Waals surface area contributed by atoms with E-state index >= 15 is 0 Å². The van der Waals surface area contributed by atoms with Crippen LogP contribution in [0.15, 0.2) is 45.7 Å². The van der Waals surface area contributed by atoms with Gasteiger partial charge in [-0.05, 0) is 43.7 Å². The Morgan fingerprint density at radius 3 is 2.68 bits per heavy atom. The Morgan fingerprint density at radius 1 is 1.21 bits per heavy atom. The van der Waals surface area contributed by atoms with Crippen molar-refractivity contribution in [3.05, 3.63) is 52.0 Å². The fraction of sp³-hybridized carbons (Fsp3) is 0.263. The smallest absolute Gasteiger partial charge is 0.286 e. The molecule has 0 aromatic heterocycles. The first-order chi connectivity index (χ1) is 13.2. The summed E-state index contributed by atoms with van der Waals surface area (Å²) in [6.07, 6.45) is 1.86. The van der Waals surface area contributed by atoms with Gasteiger partial charge in [0.15, 0.2) is 0 Å². The molecule has 1 aliphatic rings. The van der Waals surface area contributed by atoms with Gasteiger partial charge in [0.2, 0.25) is 0 Å². The second kappa shape index (κ2) is 8.11. The van der Waals surface area contributed by atoms with Gasteiger partial charge in [0, 0.05) is 12.1 Å². The zero-order valence-electron chi connectivity index (χ0n) is 15.4. The predicted octanol–water partition coefficient (Wildman–Crippen LogP) is 4.97. The number of halogens is 2. The Hall–Kier alpha value is -2.09. The van der Waals surface area contributed by atoms with Crippen LogP contribution in [0.1, 0.15) is 37.0 Å². The number of nitrogens with zero attached hydrogens (tertiary/aromatic N) is 2. The number of sulfonamides is 1. The third kappa shape index (κ3) is 4.01. The van der Waals surface area contributed by atoms with Crippen LogP contribution in [0.2, 0.25) is 10.0 Å². The molecule has 28 heavy (non-hydrogen) atoms. The van der Waals surface area contributed by atoms with Crippen LogP contribution in [0.5, 0.6) is 0 Å². The van der Waals surface area contributed by atoms with Crippen LogP contribution < -0.4 is 10.2 Å². The zero-order valence-corrected chi connectivity index (χ0v) is 17.7. The predicted molar refractivity (Wildman–Crippen MR) is 113 cm³/mol. The Bertz CT molecular complexity index is 1070. The number of amidine groups is 1. The summed E-state index contributed by atoms with van der Waals surface area (Å²) in [5.41, 5.74) is 1.06. The third-order valence-electron chi connectivity index (χ3n) is 4.37. The normalized spacial score (nSPS) is 15.0. The van der Waals surface area contributed by atoms with Crippen molar-refractivity contribution >= 4 is 56.3 Å². The zero-order chi connectivity index (χ0) is 20.5. The van der Waals surface area contributed by atoms with Gasteiger partial charge in [-0.2, -0.15) is 8.42 Å². The van der Waals surface area contributed by atoms with Gasteiger partial charge < -0.3 is 10.2 Å². The molecule has 2 aromatic carbocycles. The maximum atomic E-state index is 12.6. The van der Waals surface area contributed by atoms with Crippen molar-refractivity contribution < 1.29 is 13.2 Å². The number of hydrogen-bond donors (Lipinski definition) is 1. The molecular formula is C19H19Cl2N3O3S. The molecule has 0 fully saturated rings. The number of hydrogen-bond acceptors (Lipinski definition) is 4. The Balaban J connectivity index is 1.96. The summed E-state index contributed by atoms with van der Waals surface area (Å²) in [7, 11) is -3.87. The van der Waals surface area contributed by atoms with Crippen molar-refractivity contribution in [3.63, 3.8) is 0 Å². The Labute approximate surface area is 174 Å². The standard InChI is InChI=1S/C19H19Cl2N3O3S/c1-3-4-10-24-12(2)23-28(26,27)17-11-13(8-9-16(17)24)19(25)22-15-7-5-6-14(20)18(15)21/h5-9,11H,3-4,10H2,1-2H3,(H,22,25). The first-order valence-electron chi connectivity index (χ1n) is 8.73. The first-order valence-corrected chi connectivity index (χ1v) is 10.9. The Morgan fingerprint density at radius 2 is 1.96 bits per heavy atom. The van der Waals surface area contributed by atoms with Crippen molar-refractivity contribution in [2.75, 3.05) is 16.8 Å². The van der Waals surface area contributed by atoms with E-state index in [4.69, 9.17) is 23.2 Å². The van der Waals surface area contributed by atoms with Crippen molar-refractivity contribution in [1.82, 2.24) is 0 Å². The lowest BCUT2D eigenvalue weighted by Crippen LogP contribution is -2.34. The highest BCUT2D eigenvalue weighted by atomic mass is 35.5. The fourth-order valence-corrected chi connectivity index (χ4v) is 4.54. The molecule has 1 amide bonds. The number of nitrogens with one attached hydrogen (secondary N) is 1. The van der Waals surface area contributed by atoms with Crippen LogP contribution in [0, 0.1) is 0 Å². The largest absolute Gasteiger partial charge is 0.328 e. The van der Waals surface area contributed by atoms with E-state index in [0.717, 1.165) is 12.8 Å². The van der Waals surface area contributed by atoms with Crippen LogP contribution in [-0.4, -0.2) is 26.7 Å². The molecule has 0 bridgehead atoms. The second-order valence-corrected chi connectivity index (χ2v) is 8.71. The number of anilines is 2. The molecule has 6 nitrogen and oxygen atoms in total. The Kier molecular flexibility index (Phi) is 5.98. The number of fused-ring (bicyclic) bond motifs is 1. The van der Waals surface area contributed by atoms with E-state index in [1.54, 1.807) is 37.3 Å². The van der Waals surface area contributed by atoms with E-state index in [-0.39, 0.29) is 15.5 Å². The van der Waals surface area contributed by atoms with Crippen LogP contribution in [0.25, 0.3) is 0 Å². The lowest BCUT2D eigenvalue weighted by Gasteiger charge is -2.29. The van der Waals surface area contributed by atoms with Crippen molar-refractivity contribution in [1.29, 1.82) is 0 Å². The summed E-state index contributed by atoms with van der Waals surface area (Å²) >= 11 is 12.1. The van der Waals surface area contributed by atoms with Gasteiger partial charge in [-0.15, -0.1) is 4.40 Å². The maximum absolute atomic E-state index is 12.6. The van der Waals surface area contributed by atoms with Crippen LogP contribution in [0.4, 0.5) is 11.4 Å². The average Bonchev–Trinajstić information content (AvgIpc) is 2.64. The highest BCUT2D eigenvalue weighted by Crippen LogP contribution is 2.34. The minimum atomic E-state index is -3.87. The number of amides is 1. The molecule has 9 heteroatoms. The van der Waals surface area contributed by atoms with E-state index in [1.807, 2.05) is 4.90 Å². The number of carbonyl (C=O) groups is 1. The van der Waals surface area contributed by atoms with E-state index in [9.17, 15) is 13.2 Å². The number of carbonyl (C=O) groups excluding carboxylic acids is 1. The molecule has 3 rings (SSSR count). The molecule has 0 unspecified atom stereocenters. The number of benzene rings is 2. The topological polar surface area (TPSA) is 78.8 Å². The molecule has 2 aromatic rings. The fourth-order valence-electron chi connectivity index (χ4n) is 2.92. The molecule has 0 aliphatic carbocycles. The van der Waals surface area contributed by atoms with E-state index in [2.05, 4.69) is 16.6 Å². The van der Waals surface area contributed by atoms with Gasteiger partial charge in [-0.1, -0.05) is 42.6 Å². The molecule has 0 saturated carbocycles. The molecule has 1 heterocycles. The minimum absolute atomic E-state index is 0.0130. The van der Waals surface area contributed by atoms with Gasteiger partial charge >= 0.3 is 0 Å². The molecule has 0 radical (unpaired) electrons. The summed E-state index contributed by atoms with van der Waals surface area (Å²) in [5, 5.41) is 3.18. The monoisotopic (exact) mass is 439 g/mol. The second-order valence-electron chi connectivity index (χ2n) is 6.36. The highest BCUT2D eigenvalue weighted by Gasteiger charge is 2.29. The molecule has 0 saturated heterocycles. The third-order valence-corrected chi connectivity index (χ3v) is 6.57. The molecule has 148 valence electrons. The van der Waals surface area contributed by atoms with Crippen LogP contribution >= 0.6 is 23.2 Å². The maximum Gasteiger partial charge on any atom is 0.286 e. The van der Waals surface area contributed by atoms with Crippen molar-refractivity contribution in [3.8, 4) is 0 Å². The molecular weight excluding hydrogens is 421 g/mol. The van der Waals surface area contributed by atoms with Gasteiger partial charge in [-0.25, -0.2) is 0 Å². The lowest BCUT2D eigenvalue weighted by molar-refractivity contribution is 0.102. The number of unbranched alkanes of at least 4 members (excludes halogenated alkanes) is 1. The lowest BCUT2D eigenvalue weighted by atomic mass is 10.1. The summed E-state index contributed by atoms with van der Waals surface area (Å²) in [6, 6.07) is 9.43. The van der Waals surface area contributed by atoms with Crippen LogP contribution in [-0.2, 0) is 10.0 Å². The quantitative estimate of drug-likeness (QED) is 0.712. The average molecular weight is 440 g/mol. The minimum Gasteiger partial charge on any atom is -0.328 e. The summed E-state index contributed by atoms with van der Waals surface area (Å²) in [4.78, 5) is 14.5. The van der Waals surface area contributed by atoms with Crippen LogP contribution in [0.3, 0.4) is 0 Å². The van der Waals surface area contributed by atoms with E-state index < -0.39 is 15.9 Å². The summed E-state index contributed by atoms with van der Waals surface area (Å²) < 4.78 is 28.9.